The lowest BCUT2D eigenvalue weighted by molar-refractivity contribution is 0.637. The first kappa shape index (κ1) is 16.5. The van der Waals surface area contributed by atoms with Crippen molar-refractivity contribution >= 4 is 0 Å². The van der Waals surface area contributed by atoms with E-state index in [2.05, 4.69) is 38.2 Å². The van der Waals surface area contributed by atoms with Crippen molar-refractivity contribution in [3.05, 3.63) is 24.3 Å². The molecule has 0 amide bonds. The molecule has 0 fully saturated rings. The fourth-order valence-electron chi connectivity index (χ4n) is 1.85. The van der Waals surface area contributed by atoms with E-state index in [1.54, 1.807) is 0 Å². The zero-order valence-corrected chi connectivity index (χ0v) is 12.1. The largest absolute Gasteiger partial charge is 0.0885 e. The van der Waals surface area contributed by atoms with Gasteiger partial charge in [0.25, 0.3) is 0 Å². The van der Waals surface area contributed by atoms with Crippen molar-refractivity contribution in [3.8, 4) is 0 Å². The lowest BCUT2D eigenvalue weighted by Crippen LogP contribution is -1.76. The van der Waals surface area contributed by atoms with E-state index in [0.717, 1.165) is 0 Å². The van der Waals surface area contributed by atoms with E-state index in [0.29, 0.717) is 0 Å². The van der Waals surface area contributed by atoms with E-state index < -0.39 is 0 Å². The van der Waals surface area contributed by atoms with Gasteiger partial charge in [-0.1, -0.05) is 76.7 Å². The number of allylic oxidation sites excluding steroid dienone is 4. The molecule has 0 spiro atoms. The summed E-state index contributed by atoms with van der Waals surface area (Å²) in [6.45, 7) is 4.52. The quantitative estimate of drug-likeness (QED) is 0.270. The van der Waals surface area contributed by atoms with E-state index in [-0.39, 0.29) is 0 Å². The molecule has 0 rings (SSSR count). The molecule has 0 heterocycles. The van der Waals surface area contributed by atoms with Crippen LogP contribution in [0.4, 0.5) is 0 Å². The molecule has 0 unspecified atom stereocenters. The third kappa shape index (κ3) is 15.5. The predicted octanol–water partition coefficient (Wildman–Crippen LogP) is 6.43. The third-order valence-electron chi connectivity index (χ3n) is 3.03. The van der Waals surface area contributed by atoms with Crippen LogP contribution < -0.4 is 0 Å². The SMILES string of the molecule is CCCCC=CCCC=CCCCCCCC. The fourth-order valence-corrected chi connectivity index (χ4v) is 1.85. The van der Waals surface area contributed by atoms with Gasteiger partial charge in [0.1, 0.15) is 0 Å². The van der Waals surface area contributed by atoms with Gasteiger partial charge in [-0.3, -0.25) is 0 Å². The van der Waals surface area contributed by atoms with Crippen LogP contribution >= 0.6 is 0 Å². The van der Waals surface area contributed by atoms with E-state index in [4.69, 9.17) is 0 Å². The standard InChI is InChI=1S/C17H32/c1-3-5-7-9-11-13-15-17-16-14-12-10-8-6-4-2/h9,11,16-17H,3-8,10,12-15H2,1-2H3. The van der Waals surface area contributed by atoms with Crippen LogP contribution in [0.5, 0.6) is 0 Å². The fraction of sp³-hybridized carbons (Fsp3) is 0.765. The maximum atomic E-state index is 2.37. The van der Waals surface area contributed by atoms with Gasteiger partial charge in [0.15, 0.2) is 0 Å². The Morgan fingerprint density at radius 3 is 1.53 bits per heavy atom. The van der Waals surface area contributed by atoms with Crippen LogP contribution in [-0.4, -0.2) is 0 Å². The molecule has 0 N–H and O–H groups in total. The summed E-state index contributed by atoms with van der Waals surface area (Å²) in [7, 11) is 0. The Morgan fingerprint density at radius 2 is 0.941 bits per heavy atom. The molecule has 0 heteroatoms. The van der Waals surface area contributed by atoms with Gasteiger partial charge < -0.3 is 0 Å². The predicted molar refractivity (Wildman–Crippen MR) is 80.4 cm³/mol. The van der Waals surface area contributed by atoms with E-state index in [1.807, 2.05) is 0 Å². The highest BCUT2D eigenvalue weighted by Crippen LogP contribution is 2.06. The van der Waals surface area contributed by atoms with Crippen LogP contribution in [0.1, 0.15) is 84.5 Å². The first-order chi connectivity index (χ1) is 8.41. The summed E-state index contributed by atoms with van der Waals surface area (Å²) in [5, 5.41) is 0. The molecular formula is C17H32. The Hall–Kier alpha value is -0.520. The first-order valence-electron chi connectivity index (χ1n) is 7.71. The number of hydrogen-bond donors (Lipinski definition) is 0. The van der Waals surface area contributed by atoms with Gasteiger partial charge in [-0.25, -0.2) is 0 Å². The summed E-state index contributed by atoms with van der Waals surface area (Å²) in [6.07, 6.45) is 24.0. The summed E-state index contributed by atoms with van der Waals surface area (Å²) in [6, 6.07) is 0. The average molecular weight is 236 g/mol. The molecule has 0 aromatic heterocycles. The second kappa shape index (κ2) is 15.5. The van der Waals surface area contributed by atoms with Gasteiger partial charge in [-0.05, 0) is 32.1 Å². The molecule has 100 valence electrons. The topological polar surface area (TPSA) is 0 Å². The lowest BCUT2D eigenvalue weighted by atomic mass is 10.1. The van der Waals surface area contributed by atoms with Crippen LogP contribution in [-0.2, 0) is 0 Å². The van der Waals surface area contributed by atoms with Crippen molar-refractivity contribution in [2.75, 3.05) is 0 Å². The molecule has 0 saturated carbocycles. The van der Waals surface area contributed by atoms with Crippen molar-refractivity contribution in [2.45, 2.75) is 84.5 Å². The lowest BCUT2D eigenvalue weighted by Gasteiger charge is -1.96. The molecule has 0 nitrogen and oxygen atoms in total. The van der Waals surface area contributed by atoms with E-state index in [9.17, 15) is 0 Å². The summed E-state index contributed by atoms with van der Waals surface area (Å²) >= 11 is 0. The highest BCUT2D eigenvalue weighted by Gasteiger charge is 1.86. The second-order valence-corrected chi connectivity index (χ2v) is 4.87. The molecular weight excluding hydrogens is 204 g/mol. The average Bonchev–Trinajstić information content (AvgIpc) is 2.35. The van der Waals surface area contributed by atoms with Gasteiger partial charge >= 0.3 is 0 Å². The molecule has 0 aliphatic heterocycles. The highest BCUT2D eigenvalue weighted by molar-refractivity contribution is 4.87. The molecule has 0 aliphatic carbocycles. The Morgan fingerprint density at radius 1 is 0.471 bits per heavy atom. The third-order valence-corrected chi connectivity index (χ3v) is 3.03. The number of hydrogen-bond acceptors (Lipinski definition) is 0. The van der Waals surface area contributed by atoms with Crippen molar-refractivity contribution in [3.63, 3.8) is 0 Å². The van der Waals surface area contributed by atoms with Crippen LogP contribution in [0.2, 0.25) is 0 Å². The molecule has 0 aromatic carbocycles. The highest BCUT2D eigenvalue weighted by atomic mass is 13.9. The smallest absolute Gasteiger partial charge is 0.0316 e. The zero-order chi connectivity index (χ0) is 12.6. The van der Waals surface area contributed by atoms with Gasteiger partial charge in [0, 0.05) is 0 Å². The maximum absolute atomic E-state index is 2.37. The number of unbranched alkanes of at least 4 members (excludes halogenated alkanes) is 8. The Balaban J connectivity index is 3.11. The van der Waals surface area contributed by atoms with Crippen molar-refractivity contribution in [1.29, 1.82) is 0 Å². The molecule has 17 heavy (non-hydrogen) atoms. The molecule has 0 saturated heterocycles. The Bertz CT molecular complexity index is 176. The van der Waals surface area contributed by atoms with Crippen LogP contribution in [0.15, 0.2) is 24.3 Å². The van der Waals surface area contributed by atoms with Gasteiger partial charge in [0.2, 0.25) is 0 Å². The monoisotopic (exact) mass is 236 g/mol. The second-order valence-electron chi connectivity index (χ2n) is 4.87. The van der Waals surface area contributed by atoms with E-state index >= 15 is 0 Å². The van der Waals surface area contributed by atoms with Gasteiger partial charge in [0.05, 0.1) is 0 Å². The van der Waals surface area contributed by atoms with Gasteiger partial charge in [-0.15, -0.1) is 0 Å². The van der Waals surface area contributed by atoms with Crippen molar-refractivity contribution in [1.82, 2.24) is 0 Å². The van der Waals surface area contributed by atoms with Crippen LogP contribution in [0.3, 0.4) is 0 Å². The van der Waals surface area contributed by atoms with Crippen LogP contribution in [0, 0.1) is 0 Å². The first-order valence-corrected chi connectivity index (χ1v) is 7.71. The van der Waals surface area contributed by atoms with Crippen LogP contribution in [0.25, 0.3) is 0 Å². The Kier molecular flexibility index (Phi) is 15.0. The van der Waals surface area contributed by atoms with Gasteiger partial charge in [-0.2, -0.15) is 0 Å². The summed E-state index contributed by atoms with van der Waals surface area (Å²) in [5.41, 5.74) is 0. The van der Waals surface area contributed by atoms with Crippen molar-refractivity contribution in [2.24, 2.45) is 0 Å². The minimum Gasteiger partial charge on any atom is -0.0885 e. The maximum Gasteiger partial charge on any atom is -0.0316 e. The summed E-state index contributed by atoms with van der Waals surface area (Å²) < 4.78 is 0. The molecule has 0 aromatic rings. The van der Waals surface area contributed by atoms with E-state index in [1.165, 1.54) is 70.6 Å². The molecule has 0 aliphatic rings. The minimum absolute atomic E-state index is 1.22. The molecule has 0 bridgehead atoms. The minimum atomic E-state index is 1.22. The Labute approximate surface area is 109 Å². The molecule has 0 atom stereocenters. The molecule has 0 radical (unpaired) electrons. The van der Waals surface area contributed by atoms with Crippen molar-refractivity contribution < 1.29 is 0 Å². The summed E-state index contributed by atoms with van der Waals surface area (Å²) in [5.74, 6) is 0. The zero-order valence-electron chi connectivity index (χ0n) is 12.1. The summed E-state index contributed by atoms with van der Waals surface area (Å²) in [4.78, 5) is 0. The normalized spacial score (nSPS) is 11.9. The number of rotatable bonds is 12.